The Hall–Kier alpha value is -2.66. The molecular weight excluding hydrogens is 432 g/mol. The molecule has 2 aliphatic rings. The minimum absolute atomic E-state index is 0.0951. The van der Waals surface area contributed by atoms with Gasteiger partial charge in [-0.05, 0) is 43.2 Å². The van der Waals surface area contributed by atoms with E-state index in [-0.39, 0.29) is 11.0 Å². The van der Waals surface area contributed by atoms with Gasteiger partial charge < -0.3 is 25.4 Å². The zero-order chi connectivity index (χ0) is 22.4. The van der Waals surface area contributed by atoms with E-state index in [1.807, 2.05) is 18.2 Å². The molecule has 2 fully saturated rings. The Bertz CT molecular complexity index is 1020. The SMILES string of the molecule is O=C(Nc1ccccc1)Nc1cc(S(=O)(=O)N2CCOCC2)ccc1NC[C@@H]1CCCO1. The number of para-hydroxylation sites is 1. The summed E-state index contributed by atoms with van der Waals surface area (Å²) in [6, 6.07) is 13.3. The van der Waals surface area contributed by atoms with E-state index in [9.17, 15) is 13.2 Å². The number of benzene rings is 2. The van der Waals surface area contributed by atoms with Crippen LogP contribution in [0.25, 0.3) is 0 Å². The highest BCUT2D eigenvalue weighted by atomic mass is 32.2. The lowest BCUT2D eigenvalue weighted by Crippen LogP contribution is -2.40. The van der Waals surface area contributed by atoms with Gasteiger partial charge in [0.05, 0.1) is 35.6 Å². The predicted octanol–water partition coefficient (Wildman–Crippen LogP) is 2.94. The molecule has 172 valence electrons. The molecule has 0 radical (unpaired) electrons. The number of amides is 2. The van der Waals surface area contributed by atoms with E-state index in [1.165, 1.54) is 10.4 Å². The minimum atomic E-state index is -3.70. The second kappa shape index (κ2) is 10.3. The number of urea groups is 1. The van der Waals surface area contributed by atoms with E-state index in [0.717, 1.165) is 19.4 Å². The van der Waals surface area contributed by atoms with Gasteiger partial charge in [-0.2, -0.15) is 4.31 Å². The van der Waals surface area contributed by atoms with Crippen LogP contribution in [0, 0.1) is 0 Å². The van der Waals surface area contributed by atoms with Gasteiger partial charge in [0.25, 0.3) is 0 Å². The maximum atomic E-state index is 13.1. The average molecular weight is 461 g/mol. The van der Waals surface area contributed by atoms with Crippen LogP contribution in [-0.4, -0.2) is 64.3 Å². The molecule has 2 aliphatic heterocycles. The lowest BCUT2D eigenvalue weighted by atomic mass is 10.2. The van der Waals surface area contributed by atoms with Gasteiger partial charge in [0.1, 0.15) is 0 Å². The quantitative estimate of drug-likeness (QED) is 0.586. The summed E-state index contributed by atoms with van der Waals surface area (Å²) in [5.74, 6) is 0. The van der Waals surface area contributed by atoms with Crippen LogP contribution in [0.2, 0.25) is 0 Å². The third-order valence-corrected chi connectivity index (χ3v) is 7.32. The number of sulfonamides is 1. The Balaban J connectivity index is 1.55. The molecule has 0 aliphatic carbocycles. The molecule has 2 amide bonds. The fraction of sp³-hybridized carbons (Fsp3) is 0.409. The third-order valence-electron chi connectivity index (χ3n) is 5.42. The largest absolute Gasteiger partial charge is 0.381 e. The van der Waals surface area contributed by atoms with Gasteiger partial charge in [-0.25, -0.2) is 13.2 Å². The summed E-state index contributed by atoms with van der Waals surface area (Å²) in [7, 11) is -3.70. The summed E-state index contributed by atoms with van der Waals surface area (Å²) in [5.41, 5.74) is 1.64. The van der Waals surface area contributed by atoms with E-state index in [2.05, 4.69) is 16.0 Å². The number of hydrogen-bond acceptors (Lipinski definition) is 6. The Kier molecular flexibility index (Phi) is 7.26. The smallest absolute Gasteiger partial charge is 0.323 e. The first-order valence-electron chi connectivity index (χ1n) is 10.7. The van der Waals surface area contributed by atoms with Crippen molar-refractivity contribution >= 4 is 33.1 Å². The fourth-order valence-corrected chi connectivity index (χ4v) is 5.15. The number of carbonyl (C=O) groups excluding carboxylic acids is 1. The number of morpholine rings is 1. The molecule has 0 spiro atoms. The molecule has 0 bridgehead atoms. The molecule has 3 N–H and O–H groups in total. The van der Waals surface area contributed by atoms with Crippen molar-refractivity contribution in [2.24, 2.45) is 0 Å². The van der Waals surface area contributed by atoms with Crippen molar-refractivity contribution in [2.75, 3.05) is 55.4 Å². The number of nitrogens with zero attached hydrogens (tertiary/aromatic N) is 1. The van der Waals surface area contributed by atoms with Gasteiger partial charge in [-0.1, -0.05) is 18.2 Å². The molecule has 2 heterocycles. The van der Waals surface area contributed by atoms with Crippen molar-refractivity contribution in [3.05, 3.63) is 48.5 Å². The highest BCUT2D eigenvalue weighted by Gasteiger charge is 2.27. The second-order valence-electron chi connectivity index (χ2n) is 7.68. The van der Waals surface area contributed by atoms with Gasteiger partial charge in [0.15, 0.2) is 0 Å². The Labute approximate surface area is 188 Å². The topological polar surface area (TPSA) is 109 Å². The fourth-order valence-electron chi connectivity index (χ4n) is 3.71. The molecule has 2 aromatic rings. The molecule has 0 saturated carbocycles. The first-order valence-corrected chi connectivity index (χ1v) is 12.2. The van der Waals surface area contributed by atoms with Gasteiger partial charge in [0.2, 0.25) is 10.0 Å². The van der Waals surface area contributed by atoms with Crippen molar-refractivity contribution in [1.82, 2.24) is 4.31 Å². The molecule has 4 rings (SSSR count). The van der Waals surface area contributed by atoms with Crippen LogP contribution in [0.3, 0.4) is 0 Å². The summed E-state index contributed by atoms with van der Waals surface area (Å²) in [4.78, 5) is 12.7. The van der Waals surface area contributed by atoms with E-state index in [0.29, 0.717) is 49.9 Å². The molecule has 1 atom stereocenters. The monoisotopic (exact) mass is 460 g/mol. The highest BCUT2D eigenvalue weighted by Crippen LogP contribution is 2.28. The lowest BCUT2D eigenvalue weighted by molar-refractivity contribution is 0.0730. The first kappa shape index (κ1) is 22.5. The summed E-state index contributed by atoms with van der Waals surface area (Å²) >= 11 is 0. The van der Waals surface area contributed by atoms with Gasteiger partial charge in [-0.3, -0.25) is 0 Å². The van der Waals surface area contributed by atoms with Crippen molar-refractivity contribution in [3.63, 3.8) is 0 Å². The number of nitrogens with one attached hydrogen (secondary N) is 3. The third kappa shape index (κ3) is 5.57. The molecule has 2 saturated heterocycles. The number of rotatable bonds is 7. The Morgan fingerprint density at radius 1 is 1.00 bits per heavy atom. The van der Waals surface area contributed by atoms with Crippen LogP contribution >= 0.6 is 0 Å². The van der Waals surface area contributed by atoms with Crippen molar-refractivity contribution in [1.29, 1.82) is 0 Å². The number of hydrogen-bond donors (Lipinski definition) is 3. The van der Waals surface area contributed by atoms with Crippen LogP contribution in [0.15, 0.2) is 53.4 Å². The number of anilines is 3. The molecular formula is C22H28N4O5S. The van der Waals surface area contributed by atoms with E-state index in [4.69, 9.17) is 9.47 Å². The summed E-state index contributed by atoms with van der Waals surface area (Å²) in [6.45, 7) is 2.66. The molecule has 0 aromatic heterocycles. The Morgan fingerprint density at radius 3 is 2.50 bits per heavy atom. The van der Waals surface area contributed by atoms with Crippen LogP contribution < -0.4 is 16.0 Å². The van der Waals surface area contributed by atoms with Crippen molar-refractivity contribution in [3.8, 4) is 0 Å². The zero-order valence-electron chi connectivity index (χ0n) is 17.7. The molecule has 0 unspecified atom stereocenters. The lowest BCUT2D eigenvalue weighted by Gasteiger charge is -2.26. The highest BCUT2D eigenvalue weighted by molar-refractivity contribution is 7.89. The van der Waals surface area contributed by atoms with Crippen LogP contribution in [0.5, 0.6) is 0 Å². The predicted molar refractivity (Wildman–Crippen MR) is 123 cm³/mol. The van der Waals surface area contributed by atoms with E-state index >= 15 is 0 Å². The molecule has 2 aromatic carbocycles. The van der Waals surface area contributed by atoms with Crippen LogP contribution in [-0.2, 0) is 19.5 Å². The van der Waals surface area contributed by atoms with Crippen LogP contribution in [0.1, 0.15) is 12.8 Å². The number of ether oxygens (including phenoxy) is 2. The van der Waals surface area contributed by atoms with E-state index < -0.39 is 16.1 Å². The standard InChI is InChI=1S/C22H28N4O5S/c27-22(24-17-5-2-1-3-6-17)25-21-15-19(32(28,29)26-10-13-30-14-11-26)8-9-20(21)23-16-18-7-4-12-31-18/h1-3,5-6,8-9,15,18,23H,4,7,10-14,16H2,(H2,24,25,27)/t18-/m0/s1. The molecule has 32 heavy (non-hydrogen) atoms. The minimum Gasteiger partial charge on any atom is -0.381 e. The van der Waals surface area contributed by atoms with Gasteiger partial charge in [0, 0.05) is 31.9 Å². The summed E-state index contributed by atoms with van der Waals surface area (Å²) in [5, 5.41) is 8.83. The maximum absolute atomic E-state index is 13.1. The number of carbonyl (C=O) groups is 1. The van der Waals surface area contributed by atoms with Gasteiger partial charge >= 0.3 is 6.03 Å². The average Bonchev–Trinajstić information content (AvgIpc) is 3.33. The van der Waals surface area contributed by atoms with Crippen molar-refractivity contribution < 1.29 is 22.7 Å². The van der Waals surface area contributed by atoms with Crippen LogP contribution in [0.4, 0.5) is 21.9 Å². The normalized spacial score (nSPS) is 19.4. The zero-order valence-corrected chi connectivity index (χ0v) is 18.6. The summed E-state index contributed by atoms with van der Waals surface area (Å²) in [6.07, 6.45) is 2.08. The maximum Gasteiger partial charge on any atom is 0.323 e. The second-order valence-corrected chi connectivity index (χ2v) is 9.62. The Morgan fingerprint density at radius 2 is 1.78 bits per heavy atom. The summed E-state index contributed by atoms with van der Waals surface area (Å²) < 4.78 is 38.5. The van der Waals surface area contributed by atoms with Crippen molar-refractivity contribution in [2.45, 2.75) is 23.8 Å². The van der Waals surface area contributed by atoms with E-state index in [1.54, 1.807) is 24.3 Å². The first-order chi connectivity index (χ1) is 15.5. The molecule has 9 nitrogen and oxygen atoms in total. The molecule has 10 heteroatoms. The van der Waals surface area contributed by atoms with Gasteiger partial charge in [-0.15, -0.1) is 0 Å².